The van der Waals surface area contributed by atoms with Crippen molar-refractivity contribution in [2.45, 2.75) is 37.8 Å². The number of nitrogens with two attached hydrogens (primary N) is 1. The van der Waals surface area contributed by atoms with Crippen LogP contribution in [0, 0.1) is 5.92 Å². The fourth-order valence-corrected chi connectivity index (χ4v) is 3.53. The number of nitrogens with one attached hydrogen (secondary N) is 1. The highest BCUT2D eigenvalue weighted by Gasteiger charge is 2.21. The molecule has 0 aromatic carbocycles. The summed E-state index contributed by atoms with van der Waals surface area (Å²) in [4.78, 5) is 0.297. The molecule has 1 aromatic rings. The van der Waals surface area contributed by atoms with Crippen molar-refractivity contribution in [3.05, 3.63) is 18.0 Å². The molecule has 1 saturated heterocycles. The van der Waals surface area contributed by atoms with Crippen molar-refractivity contribution >= 4 is 10.0 Å². The van der Waals surface area contributed by atoms with Crippen LogP contribution in [-0.2, 0) is 27.8 Å². The largest absolute Gasteiger partial charge is 0.381 e. The Bertz CT molecular complexity index is 533. The van der Waals surface area contributed by atoms with Crippen LogP contribution >= 0.6 is 0 Å². The van der Waals surface area contributed by atoms with E-state index >= 15 is 0 Å². The van der Waals surface area contributed by atoms with E-state index in [0.29, 0.717) is 24.6 Å². The fraction of sp³-hybridized carbons (Fsp3) is 0.692. The molecule has 0 spiro atoms. The summed E-state index contributed by atoms with van der Waals surface area (Å²) in [7, 11) is -3.46. The molecule has 114 valence electrons. The van der Waals surface area contributed by atoms with Gasteiger partial charge in [0.05, 0.1) is 11.5 Å². The number of aromatic nitrogens is 1. The fourth-order valence-electron chi connectivity index (χ4n) is 2.35. The number of nitrogens with zero attached hydrogens (tertiary/aromatic N) is 1. The van der Waals surface area contributed by atoms with Crippen LogP contribution in [0.4, 0.5) is 0 Å². The summed E-state index contributed by atoms with van der Waals surface area (Å²) in [6, 6.07) is 1.66. The van der Waals surface area contributed by atoms with Gasteiger partial charge in [0.2, 0.25) is 10.0 Å². The van der Waals surface area contributed by atoms with Gasteiger partial charge in [-0.3, -0.25) is 0 Å². The second-order valence-electron chi connectivity index (χ2n) is 5.15. The average Bonchev–Trinajstić information content (AvgIpc) is 3.06. The molecule has 1 aliphatic heterocycles. The first-order valence-corrected chi connectivity index (χ1v) is 8.51. The van der Waals surface area contributed by atoms with Crippen molar-refractivity contribution < 1.29 is 13.2 Å². The number of hydrogen-bond acceptors (Lipinski definition) is 4. The Hall–Kier alpha value is -0.890. The van der Waals surface area contributed by atoms with E-state index in [9.17, 15) is 8.42 Å². The van der Waals surface area contributed by atoms with Crippen molar-refractivity contribution in [1.29, 1.82) is 0 Å². The highest BCUT2D eigenvalue weighted by Crippen LogP contribution is 2.16. The standard InChI is InChI=1S/C13H23N3O3S/c1-2-4-16-9-13(6-12(16)7-14)20(17,18)15-8-11-3-5-19-10-11/h6,9,11,15H,2-5,7-8,10,14H2,1H3. The summed E-state index contributed by atoms with van der Waals surface area (Å²) >= 11 is 0. The zero-order chi connectivity index (χ0) is 14.6. The van der Waals surface area contributed by atoms with E-state index < -0.39 is 10.0 Å². The summed E-state index contributed by atoms with van der Waals surface area (Å²) in [5, 5.41) is 0. The summed E-state index contributed by atoms with van der Waals surface area (Å²) in [5.41, 5.74) is 6.50. The third-order valence-corrected chi connectivity index (χ3v) is 4.92. The lowest BCUT2D eigenvalue weighted by atomic mass is 10.1. The highest BCUT2D eigenvalue weighted by molar-refractivity contribution is 7.89. The molecule has 1 unspecified atom stereocenters. The summed E-state index contributed by atoms with van der Waals surface area (Å²) in [5.74, 6) is 0.275. The minimum atomic E-state index is -3.46. The van der Waals surface area contributed by atoms with Gasteiger partial charge in [-0.05, 0) is 24.8 Å². The van der Waals surface area contributed by atoms with Crippen molar-refractivity contribution in [1.82, 2.24) is 9.29 Å². The molecule has 1 aromatic heterocycles. The van der Waals surface area contributed by atoms with Gasteiger partial charge in [-0.2, -0.15) is 0 Å². The average molecular weight is 301 g/mol. The molecule has 20 heavy (non-hydrogen) atoms. The normalized spacial score (nSPS) is 19.6. The number of ether oxygens (including phenoxy) is 1. The Labute approximate surface area is 120 Å². The van der Waals surface area contributed by atoms with Crippen LogP contribution in [-0.4, -0.2) is 32.7 Å². The molecule has 7 heteroatoms. The molecule has 2 heterocycles. The van der Waals surface area contributed by atoms with Crippen LogP contribution in [0.15, 0.2) is 17.2 Å². The molecule has 0 aliphatic carbocycles. The molecule has 0 radical (unpaired) electrons. The van der Waals surface area contributed by atoms with Crippen LogP contribution in [0.25, 0.3) is 0 Å². The van der Waals surface area contributed by atoms with Gasteiger partial charge in [0.25, 0.3) is 0 Å². The lowest BCUT2D eigenvalue weighted by Gasteiger charge is -2.09. The topological polar surface area (TPSA) is 86.3 Å². The number of hydrogen-bond donors (Lipinski definition) is 2. The molecular formula is C13H23N3O3S. The predicted molar refractivity (Wildman–Crippen MR) is 76.7 cm³/mol. The first-order chi connectivity index (χ1) is 9.56. The Morgan fingerprint density at radius 3 is 2.95 bits per heavy atom. The quantitative estimate of drug-likeness (QED) is 0.775. The molecule has 1 aliphatic rings. The highest BCUT2D eigenvalue weighted by atomic mass is 32.2. The van der Waals surface area contributed by atoms with Gasteiger partial charge in [0.1, 0.15) is 0 Å². The van der Waals surface area contributed by atoms with Crippen molar-refractivity contribution in [3.63, 3.8) is 0 Å². The molecule has 6 nitrogen and oxygen atoms in total. The van der Waals surface area contributed by atoms with Crippen LogP contribution in [0.1, 0.15) is 25.5 Å². The van der Waals surface area contributed by atoms with Gasteiger partial charge < -0.3 is 15.0 Å². The summed E-state index contributed by atoms with van der Waals surface area (Å²) < 4.78 is 34.4. The summed E-state index contributed by atoms with van der Waals surface area (Å²) in [6.45, 7) is 4.95. The zero-order valence-electron chi connectivity index (χ0n) is 11.8. The molecule has 1 fully saturated rings. The lowest BCUT2D eigenvalue weighted by Crippen LogP contribution is -2.29. The van der Waals surface area contributed by atoms with E-state index in [1.54, 1.807) is 12.3 Å². The lowest BCUT2D eigenvalue weighted by molar-refractivity contribution is 0.186. The van der Waals surface area contributed by atoms with Crippen LogP contribution < -0.4 is 10.5 Å². The first kappa shape index (κ1) is 15.5. The monoisotopic (exact) mass is 301 g/mol. The van der Waals surface area contributed by atoms with Crippen LogP contribution in [0.2, 0.25) is 0 Å². The maximum Gasteiger partial charge on any atom is 0.242 e. The molecule has 0 amide bonds. The Morgan fingerprint density at radius 1 is 1.55 bits per heavy atom. The second-order valence-corrected chi connectivity index (χ2v) is 6.91. The van der Waals surface area contributed by atoms with Crippen molar-refractivity contribution in [2.24, 2.45) is 11.7 Å². The van der Waals surface area contributed by atoms with Gasteiger partial charge in [-0.15, -0.1) is 0 Å². The van der Waals surface area contributed by atoms with Crippen molar-refractivity contribution in [3.8, 4) is 0 Å². The maximum atomic E-state index is 12.3. The van der Waals surface area contributed by atoms with Crippen LogP contribution in [0.3, 0.4) is 0 Å². The van der Waals surface area contributed by atoms with Gasteiger partial charge in [0, 0.05) is 38.1 Å². The maximum absolute atomic E-state index is 12.3. The molecule has 2 rings (SSSR count). The van der Waals surface area contributed by atoms with E-state index in [2.05, 4.69) is 4.72 Å². The number of sulfonamides is 1. The van der Waals surface area contributed by atoms with E-state index in [4.69, 9.17) is 10.5 Å². The smallest absolute Gasteiger partial charge is 0.242 e. The molecule has 0 bridgehead atoms. The predicted octanol–water partition coefficient (Wildman–Crippen LogP) is 0.672. The summed E-state index contributed by atoms with van der Waals surface area (Å²) in [6.07, 6.45) is 3.51. The van der Waals surface area contributed by atoms with Crippen molar-refractivity contribution in [2.75, 3.05) is 19.8 Å². The van der Waals surface area contributed by atoms with E-state index in [0.717, 1.165) is 31.7 Å². The Kier molecular flexibility index (Phi) is 5.20. The zero-order valence-corrected chi connectivity index (χ0v) is 12.7. The van der Waals surface area contributed by atoms with E-state index in [1.807, 2.05) is 11.5 Å². The SMILES string of the molecule is CCCn1cc(S(=O)(=O)NCC2CCOC2)cc1CN. The van der Waals surface area contributed by atoms with Crippen LogP contribution in [0.5, 0.6) is 0 Å². The minimum absolute atomic E-state index is 0.275. The van der Waals surface area contributed by atoms with Gasteiger partial charge >= 0.3 is 0 Å². The van der Waals surface area contributed by atoms with E-state index in [-0.39, 0.29) is 5.92 Å². The van der Waals surface area contributed by atoms with Gasteiger partial charge in [0.15, 0.2) is 0 Å². The third kappa shape index (κ3) is 3.60. The molecular weight excluding hydrogens is 278 g/mol. The van der Waals surface area contributed by atoms with Gasteiger partial charge in [-0.1, -0.05) is 6.92 Å². The third-order valence-electron chi connectivity index (χ3n) is 3.53. The number of rotatable bonds is 7. The molecule has 1 atom stereocenters. The minimum Gasteiger partial charge on any atom is -0.381 e. The van der Waals surface area contributed by atoms with E-state index in [1.165, 1.54) is 0 Å². The molecule has 3 N–H and O–H groups in total. The Balaban J connectivity index is 2.07. The molecule has 0 saturated carbocycles. The first-order valence-electron chi connectivity index (χ1n) is 7.03. The second kappa shape index (κ2) is 6.71. The number of aryl methyl sites for hydroxylation is 1. The Morgan fingerprint density at radius 2 is 2.35 bits per heavy atom. The van der Waals surface area contributed by atoms with Gasteiger partial charge in [-0.25, -0.2) is 13.1 Å².